The lowest BCUT2D eigenvalue weighted by atomic mass is 9.89. The van der Waals surface area contributed by atoms with Crippen molar-refractivity contribution in [2.75, 3.05) is 0 Å². The summed E-state index contributed by atoms with van der Waals surface area (Å²) in [5.41, 5.74) is 2.45. The normalized spacial score (nSPS) is 15.7. The maximum atomic E-state index is 12.6. The number of carbonyl (C=O) groups is 1. The van der Waals surface area contributed by atoms with Crippen molar-refractivity contribution < 1.29 is 10.0 Å². The lowest BCUT2D eigenvalue weighted by molar-refractivity contribution is 0.102. The van der Waals surface area contributed by atoms with Gasteiger partial charge in [0.2, 0.25) is 5.78 Å². The summed E-state index contributed by atoms with van der Waals surface area (Å²) in [7, 11) is 0. The zero-order chi connectivity index (χ0) is 13.6. The van der Waals surface area contributed by atoms with Crippen LogP contribution in [-0.2, 0) is 0 Å². The Balaban J connectivity index is 2.33. The molecule has 1 aromatic heterocycles. The van der Waals surface area contributed by atoms with Crippen molar-refractivity contribution in [3.63, 3.8) is 0 Å². The monoisotopic (exact) mass is 255 g/mol. The van der Waals surface area contributed by atoms with E-state index in [0.29, 0.717) is 28.2 Å². The minimum absolute atomic E-state index is 0.0794. The molecule has 1 aliphatic rings. The molecule has 1 aliphatic carbocycles. The van der Waals surface area contributed by atoms with Crippen LogP contribution in [0.5, 0.6) is 0 Å². The summed E-state index contributed by atoms with van der Waals surface area (Å²) in [6.07, 6.45) is 1.62. The molecule has 0 spiro atoms. The summed E-state index contributed by atoms with van der Waals surface area (Å²) in [6, 6.07) is 7.22. The molecule has 5 heteroatoms. The lowest BCUT2D eigenvalue weighted by Crippen LogP contribution is -2.24. The fourth-order valence-electron chi connectivity index (χ4n) is 2.39. The van der Waals surface area contributed by atoms with Gasteiger partial charge in [-0.15, -0.1) is 0 Å². The average molecular weight is 255 g/mol. The number of imidazole rings is 1. The van der Waals surface area contributed by atoms with Gasteiger partial charge >= 0.3 is 0 Å². The van der Waals surface area contributed by atoms with Crippen molar-refractivity contribution in [2.24, 2.45) is 5.16 Å². The van der Waals surface area contributed by atoms with Crippen LogP contribution in [0.25, 0.3) is 0 Å². The number of aromatic nitrogens is 2. The van der Waals surface area contributed by atoms with E-state index < -0.39 is 0 Å². The first kappa shape index (κ1) is 11.6. The molecule has 2 aromatic rings. The number of oxime groups is 1. The molecule has 0 saturated heterocycles. The third-order valence-corrected chi connectivity index (χ3v) is 3.32. The fraction of sp³-hybridized carbons (Fsp3) is 0.214. The Morgan fingerprint density at radius 2 is 1.95 bits per heavy atom. The third-order valence-electron chi connectivity index (χ3n) is 3.32. The third kappa shape index (κ3) is 1.51. The van der Waals surface area contributed by atoms with E-state index in [1.165, 1.54) is 0 Å². The Kier molecular flexibility index (Phi) is 2.48. The van der Waals surface area contributed by atoms with Gasteiger partial charge in [-0.2, -0.15) is 0 Å². The van der Waals surface area contributed by atoms with Crippen LogP contribution >= 0.6 is 0 Å². The predicted octanol–water partition coefficient (Wildman–Crippen LogP) is 2.23. The van der Waals surface area contributed by atoms with Crippen LogP contribution in [0, 0.1) is 0 Å². The van der Waals surface area contributed by atoms with Crippen LogP contribution < -0.4 is 0 Å². The van der Waals surface area contributed by atoms with E-state index >= 15 is 0 Å². The number of nitrogens with zero attached hydrogens (tertiary/aromatic N) is 3. The molecule has 19 heavy (non-hydrogen) atoms. The van der Waals surface area contributed by atoms with E-state index in [1.54, 1.807) is 29.1 Å². The van der Waals surface area contributed by atoms with Gasteiger partial charge in [-0.1, -0.05) is 29.4 Å². The van der Waals surface area contributed by atoms with Crippen molar-refractivity contribution in [3.05, 3.63) is 53.1 Å². The number of fused-ring (bicyclic) bond motifs is 2. The molecule has 1 aromatic carbocycles. The molecule has 1 heterocycles. The largest absolute Gasteiger partial charge is 0.410 e. The van der Waals surface area contributed by atoms with Crippen LogP contribution in [0.1, 0.15) is 47.2 Å². The van der Waals surface area contributed by atoms with Crippen LogP contribution in [-0.4, -0.2) is 26.3 Å². The van der Waals surface area contributed by atoms with E-state index in [0.717, 1.165) is 0 Å². The maximum Gasteiger partial charge on any atom is 0.212 e. The van der Waals surface area contributed by atoms with Gasteiger partial charge in [-0.05, 0) is 13.8 Å². The van der Waals surface area contributed by atoms with E-state index in [2.05, 4.69) is 10.1 Å². The van der Waals surface area contributed by atoms with Gasteiger partial charge in [0.1, 0.15) is 17.1 Å². The van der Waals surface area contributed by atoms with Crippen molar-refractivity contribution in [1.29, 1.82) is 0 Å². The molecule has 0 fully saturated rings. The highest BCUT2D eigenvalue weighted by atomic mass is 16.4. The van der Waals surface area contributed by atoms with E-state index in [9.17, 15) is 10.0 Å². The van der Waals surface area contributed by atoms with Gasteiger partial charge in [0.05, 0.1) is 6.33 Å². The number of rotatable bonds is 1. The summed E-state index contributed by atoms with van der Waals surface area (Å²) in [6.45, 7) is 3.96. The minimum Gasteiger partial charge on any atom is -0.410 e. The second-order valence-electron chi connectivity index (χ2n) is 4.77. The molecule has 3 rings (SSSR count). The number of carbonyl (C=O) groups excluding carboxylic acids is 1. The second-order valence-corrected chi connectivity index (χ2v) is 4.77. The van der Waals surface area contributed by atoms with Gasteiger partial charge in [-0.3, -0.25) is 4.79 Å². The molecule has 0 unspecified atom stereocenters. The predicted molar refractivity (Wildman–Crippen MR) is 69.9 cm³/mol. The summed E-state index contributed by atoms with van der Waals surface area (Å²) in [5.74, 6) is -0.0794. The smallest absolute Gasteiger partial charge is 0.212 e. The zero-order valence-corrected chi connectivity index (χ0v) is 10.7. The summed E-state index contributed by atoms with van der Waals surface area (Å²) >= 11 is 0. The molecule has 0 amide bonds. The summed E-state index contributed by atoms with van der Waals surface area (Å²) < 4.78 is 1.80. The molecule has 96 valence electrons. The first-order chi connectivity index (χ1) is 9.15. The van der Waals surface area contributed by atoms with Gasteiger partial charge in [0, 0.05) is 17.2 Å². The van der Waals surface area contributed by atoms with Gasteiger partial charge in [-0.25, -0.2) is 4.98 Å². The highest BCUT2D eigenvalue weighted by molar-refractivity contribution is 6.28. The lowest BCUT2D eigenvalue weighted by Gasteiger charge is -2.18. The molecule has 0 atom stereocenters. The molecule has 0 bridgehead atoms. The van der Waals surface area contributed by atoms with Crippen molar-refractivity contribution in [3.8, 4) is 0 Å². The Labute approximate surface area is 110 Å². The molecule has 0 radical (unpaired) electrons. The average Bonchev–Trinajstić information content (AvgIpc) is 2.84. The quantitative estimate of drug-likeness (QED) is 0.535. The van der Waals surface area contributed by atoms with E-state index in [4.69, 9.17) is 0 Å². The van der Waals surface area contributed by atoms with Crippen molar-refractivity contribution in [1.82, 2.24) is 9.55 Å². The molecule has 1 N–H and O–H groups in total. The molecular weight excluding hydrogens is 242 g/mol. The van der Waals surface area contributed by atoms with Gasteiger partial charge < -0.3 is 9.77 Å². The van der Waals surface area contributed by atoms with Crippen LogP contribution in [0.4, 0.5) is 0 Å². The summed E-state index contributed by atoms with van der Waals surface area (Å²) in [5, 5.41) is 12.6. The second kappa shape index (κ2) is 4.05. The maximum absolute atomic E-state index is 12.6. The molecule has 0 aliphatic heterocycles. The highest BCUT2D eigenvalue weighted by Crippen LogP contribution is 2.28. The van der Waals surface area contributed by atoms with Crippen LogP contribution in [0.2, 0.25) is 0 Å². The van der Waals surface area contributed by atoms with E-state index in [-0.39, 0.29) is 11.8 Å². The van der Waals surface area contributed by atoms with Gasteiger partial charge in [0.25, 0.3) is 0 Å². The zero-order valence-electron chi connectivity index (χ0n) is 10.7. The standard InChI is InChI=1S/C14H13N3O2/c1-8(2)17-7-15-12-11(16-19)9-5-3-4-6-10(9)14(18)13(12)17/h3-8,19H,1-2H3. The van der Waals surface area contributed by atoms with Crippen molar-refractivity contribution in [2.45, 2.75) is 19.9 Å². The first-order valence-corrected chi connectivity index (χ1v) is 6.08. The Morgan fingerprint density at radius 3 is 2.58 bits per heavy atom. The Morgan fingerprint density at radius 1 is 1.26 bits per heavy atom. The summed E-state index contributed by atoms with van der Waals surface area (Å²) in [4.78, 5) is 16.8. The number of hydrogen-bond acceptors (Lipinski definition) is 4. The van der Waals surface area contributed by atoms with Crippen molar-refractivity contribution >= 4 is 11.5 Å². The number of hydrogen-bond donors (Lipinski definition) is 1. The highest BCUT2D eigenvalue weighted by Gasteiger charge is 2.33. The Bertz CT molecular complexity index is 698. The fourth-order valence-corrected chi connectivity index (χ4v) is 2.39. The van der Waals surface area contributed by atoms with Crippen LogP contribution in [0.3, 0.4) is 0 Å². The molecular formula is C14H13N3O2. The number of benzene rings is 1. The first-order valence-electron chi connectivity index (χ1n) is 6.08. The topological polar surface area (TPSA) is 67.5 Å². The minimum atomic E-state index is -0.0794. The van der Waals surface area contributed by atoms with E-state index in [1.807, 2.05) is 19.9 Å². The molecule has 5 nitrogen and oxygen atoms in total. The van der Waals surface area contributed by atoms with Gasteiger partial charge in [0.15, 0.2) is 0 Å². The molecule has 0 saturated carbocycles. The Hall–Kier alpha value is -2.43. The SMILES string of the molecule is CC(C)n1cnc2c1C(=O)c1ccccc1C2=NO. The number of ketones is 1. The van der Waals surface area contributed by atoms with Crippen LogP contribution in [0.15, 0.2) is 35.7 Å².